The molecule has 3 rings (SSSR count). The summed E-state index contributed by atoms with van der Waals surface area (Å²) >= 11 is 3.51. The van der Waals surface area contributed by atoms with E-state index in [-0.39, 0.29) is 0 Å². The van der Waals surface area contributed by atoms with Crippen molar-refractivity contribution in [1.29, 1.82) is 0 Å². The molecule has 0 atom stereocenters. The van der Waals surface area contributed by atoms with Gasteiger partial charge in [0.1, 0.15) is 5.75 Å². The molecule has 1 N–H and O–H groups in total. The van der Waals surface area contributed by atoms with E-state index in [2.05, 4.69) is 33.2 Å². The van der Waals surface area contributed by atoms with E-state index in [1.807, 2.05) is 18.2 Å². The summed E-state index contributed by atoms with van der Waals surface area (Å²) in [7, 11) is 1.66. The molecule has 20 heavy (non-hydrogen) atoms. The zero-order valence-electron chi connectivity index (χ0n) is 11.5. The lowest BCUT2D eigenvalue weighted by atomic mass is 10.0. The molecule has 0 fully saturated rings. The molecule has 0 saturated heterocycles. The van der Waals surface area contributed by atoms with E-state index in [9.17, 15) is 0 Å². The predicted octanol–water partition coefficient (Wildman–Crippen LogP) is 2.87. The molecule has 0 radical (unpaired) electrons. The molecule has 2 heterocycles. The maximum Gasteiger partial charge on any atom is 0.159 e. The molecule has 1 aromatic heterocycles. The number of ether oxygens (including phenoxy) is 1. The van der Waals surface area contributed by atoms with Crippen LogP contribution in [0.4, 0.5) is 0 Å². The van der Waals surface area contributed by atoms with Crippen LogP contribution in [0.15, 0.2) is 22.7 Å². The zero-order valence-corrected chi connectivity index (χ0v) is 13.1. The number of hydrogen-bond acceptors (Lipinski definition) is 4. The average molecular weight is 334 g/mol. The van der Waals surface area contributed by atoms with Gasteiger partial charge in [-0.15, -0.1) is 0 Å². The van der Waals surface area contributed by atoms with Gasteiger partial charge in [-0.2, -0.15) is 0 Å². The topological polar surface area (TPSA) is 47.0 Å². The Balaban J connectivity index is 2.06. The third kappa shape index (κ3) is 2.43. The van der Waals surface area contributed by atoms with E-state index in [0.29, 0.717) is 0 Å². The van der Waals surface area contributed by atoms with Crippen molar-refractivity contribution in [3.8, 4) is 17.1 Å². The van der Waals surface area contributed by atoms with Crippen LogP contribution in [0.1, 0.15) is 17.0 Å². The molecule has 0 spiro atoms. The SMILES string of the molecule is COc1ccc(-c2nc(C)c3c(n2)CNCC3)cc1Br. The summed E-state index contributed by atoms with van der Waals surface area (Å²) in [6.45, 7) is 3.89. The lowest BCUT2D eigenvalue weighted by molar-refractivity contribution is 0.412. The quantitative estimate of drug-likeness (QED) is 0.917. The van der Waals surface area contributed by atoms with Crippen LogP contribution in [-0.2, 0) is 13.0 Å². The van der Waals surface area contributed by atoms with Gasteiger partial charge in [0, 0.05) is 17.8 Å². The van der Waals surface area contributed by atoms with E-state index in [4.69, 9.17) is 9.72 Å². The minimum absolute atomic E-state index is 0.772. The fraction of sp³-hybridized carbons (Fsp3) is 0.333. The van der Waals surface area contributed by atoms with Crippen LogP contribution in [0.3, 0.4) is 0 Å². The Hall–Kier alpha value is -1.46. The van der Waals surface area contributed by atoms with Gasteiger partial charge in [-0.05, 0) is 59.6 Å². The lowest BCUT2D eigenvalue weighted by Gasteiger charge is -2.18. The molecule has 2 aromatic rings. The van der Waals surface area contributed by atoms with Gasteiger partial charge >= 0.3 is 0 Å². The van der Waals surface area contributed by atoms with Crippen molar-refractivity contribution in [2.45, 2.75) is 19.9 Å². The minimum atomic E-state index is 0.772. The number of methoxy groups -OCH3 is 1. The molecule has 0 bridgehead atoms. The van der Waals surface area contributed by atoms with Crippen LogP contribution in [-0.4, -0.2) is 23.6 Å². The molecule has 1 aliphatic rings. The first-order valence-corrected chi connectivity index (χ1v) is 7.39. The van der Waals surface area contributed by atoms with Gasteiger partial charge in [-0.25, -0.2) is 9.97 Å². The Morgan fingerprint density at radius 2 is 2.15 bits per heavy atom. The smallest absolute Gasteiger partial charge is 0.159 e. The Morgan fingerprint density at radius 1 is 1.30 bits per heavy atom. The first-order valence-electron chi connectivity index (χ1n) is 6.60. The third-order valence-corrected chi connectivity index (χ3v) is 4.17. The molecule has 104 valence electrons. The van der Waals surface area contributed by atoms with Crippen molar-refractivity contribution in [2.24, 2.45) is 0 Å². The highest BCUT2D eigenvalue weighted by Crippen LogP contribution is 2.30. The summed E-state index contributed by atoms with van der Waals surface area (Å²) in [4.78, 5) is 9.36. The van der Waals surface area contributed by atoms with Crippen LogP contribution in [0.25, 0.3) is 11.4 Å². The molecule has 0 unspecified atom stereocenters. The number of nitrogens with zero attached hydrogens (tertiary/aromatic N) is 2. The summed E-state index contributed by atoms with van der Waals surface area (Å²) in [5.41, 5.74) is 4.48. The van der Waals surface area contributed by atoms with Crippen LogP contribution < -0.4 is 10.1 Å². The number of aromatic nitrogens is 2. The highest BCUT2D eigenvalue weighted by molar-refractivity contribution is 9.10. The Kier molecular flexibility index (Phi) is 3.72. The molecule has 5 heteroatoms. The van der Waals surface area contributed by atoms with Crippen molar-refractivity contribution in [1.82, 2.24) is 15.3 Å². The molecule has 0 aliphatic carbocycles. The first kappa shape index (κ1) is 13.5. The predicted molar refractivity (Wildman–Crippen MR) is 81.9 cm³/mol. The van der Waals surface area contributed by atoms with Gasteiger partial charge in [0.05, 0.1) is 17.3 Å². The van der Waals surface area contributed by atoms with Gasteiger partial charge in [-0.3, -0.25) is 0 Å². The standard InChI is InChI=1S/C15H16BrN3O/c1-9-11-5-6-17-8-13(11)19-15(18-9)10-3-4-14(20-2)12(16)7-10/h3-4,7,17H,5-6,8H2,1-2H3. The van der Waals surface area contributed by atoms with Gasteiger partial charge in [0.25, 0.3) is 0 Å². The molecule has 0 saturated carbocycles. The average Bonchev–Trinajstić information content (AvgIpc) is 2.47. The van der Waals surface area contributed by atoms with Crippen LogP contribution in [0.5, 0.6) is 5.75 Å². The number of aryl methyl sites for hydroxylation is 1. The Bertz CT molecular complexity index is 658. The normalized spacial score (nSPS) is 13.9. The molecular weight excluding hydrogens is 318 g/mol. The first-order chi connectivity index (χ1) is 9.69. The highest BCUT2D eigenvalue weighted by atomic mass is 79.9. The number of fused-ring (bicyclic) bond motifs is 1. The second-order valence-electron chi connectivity index (χ2n) is 4.83. The number of hydrogen-bond donors (Lipinski definition) is 1. The van der Waals surface area contributed by atoms with Crippen molar-refractivity contribution in [2.75, 3.05) is 13.7 Å². The van der Waals surface area contributed by atoms with Crippen molar-refractivity contribution in [3.05, 3.63) is 39.6 Å². The van der Waals surface area contributed by atoms with E-state index >= 15 is 0 Å². The van der Waals surface area contributed by atoms with Crippen LogP contribution >= 0.6 is 15.9 Å². The maximum absolute atomic E-state index is 5.25. The van der Waals surface area contributed by atoms with Gasteiger partial charge in [0.15, 0.2) is 5.82 Å². The largest absolute Gasteiger partial charge is 0.496 e. The van der Waals surface area contributed by atoms with Crippen LogP contribution in [0, 0.1) is 6.92 Å². The van der Waals surface area contributed by atoms with Crippen molar-refractivity contribution >= 4 is 15.9 Å². The van der Waals surface area contributed by atoms with Crippen molar-refractivity contribution < 1.29 is 4.74 Å². The highest BCUT2D eigenvalue weighted by Gasteiger charge is 2.16. The van der Waals surface area contributed by atoms with Gasteiger partial charge in [-0.1, -0.05) is 0 Å². The number of rotatable bonds is 2. The van der Waals surface area contributed by atoms with E-state index < -0.39 is 0 Å². The fourth-order valence-electron chi connectivity index (χ4n) is 2.48. The van der Waals surface area contributed by atoms with E-state index in [0.717, 1.165) is 52.5 Å². The fourth-order valence-corrected chi connectivity index (χ4v) is 3.02. The Morgan fingerprint density at radius 3 is 2.90 bits per heavy atom. The second-order valence-corrected chi connectivity index (χ2v) is 5.69. The maximum atomic E-state index is 5.25. The third-order valence-electron chi connectivity index (χ3n) is 3.55. The second kappa shape index (κ2) is 5.50. The number of halogens is 1. The van der Waals surface area contributed by atoms with Gasteiger partial charge < -0.3 is 10.1 Å². The monoisotopic (exact) mass is 333 g/mol. The Labute approximate surface area is 126 Å². The number of benzene rings is 1. The number of nitrogens with one attached hydrogen (secondary N) is 1. The summed E-state index contributed by atoms with van der Waals surface area (Å²) in [5.74, 6) is 1.58. The summed E-state index contributed by atoms with van der Waals surface area (Å²) < 4.78 is 6.16. The van der Waals surface area contributed by atoms with Crippen LogP contribution in [0.2, 0.25) is 0 Å². The summed E-state index contributed by atoms with van der Waals surface area (Å²) in [6, 6.07) is 5.91. The summed E-state index contributed by atoms with van der Waals surface area (Å²) in [6.07, 6.45) is 1.01. The van der Waals surface area contributed by atoms with Crippen molar-refractivity contribution in [3.63, 3.8) is 0 Å². The summed E-state index contributed by atoms with van der Waals surface area (Å²) in [5, 5.41) is 3.36. The minimum Gasteiger partial charge on any atom is -0.496 e. The molecule has 1 aromatic carbocycles. The molecular formula is C15H16BrN3O. The van der Waals surface area contributed by atoms with Gasteiger partial charge in [0.2, 0.25) is 0 Å². The molecule has 1 aliphatic heterocycles. The van der Waals surface area contributed by atoms with E-state index in [1.54, 1.807) is 7.11 Å². The van der Waals surface area contributed by atoms with E-state index in [1.165, 1.54) is 5.56 Å². The molecule has 0 amide bonds. The zero-order chi connectivity index (χ0) is 14.1. The molecule has 4 nitrogen and oxygen atoms in total. The lowest BCUT2D eigenvalue weighted by Crippen LogP contribution is -2.26.